The monoisotopic (exact) mass is 469 g/mol. The van der Waals surface area contributed by atoms with E-state index in [9.17, 15) is 20.4 Å². The maximum Gasteiger partial charge on any atom is 0.165 e. The molecule has 0 amide bonds. The lowest BCUT2D eigenvalue weighted by atomic mass is 9.90. The van der Waals surface area contributed by atoms with Crippen molar-refractivity contribution >= 4 is 5.69 Å². The van der Waals surface area contributed by atoms with Gasteiger partial charge in [0, 0.05) is 19.0 Å². The number of hydrogen-bond donors (Lipinski definition) is 5. The third-order valence-electron chi connectivity index (χ3n) is 6.14. The molecule has 2 aromatic carbocycles. The lowest BCUT2D eigenvalue weighted by molar-refractivity contribution is -0.231. The highest BCUT2D eigenvalue weighted by Gasteiger charge is 2.44. The molecule has 0 bridgehead atoms. The number of benzene rings is 2. The Balaban J connectivity index is 1.48. The summed E-state index contributed by atoms with van der Waals surface area (Å²) in [6, 6.07) is 13.0. The molecule has 0 unspecified atom stereocenters. The van der Waals surface area contributed by atoms with Gasteiger partial charge in [0.2, 0.25) is 0 Å². The van der Waals surface area contributed by atoms with Gasteiger partial charge < -0.3 is 44.4 Å². The fourth-order valence-corrected chi connectivity index (χ4v) is 4.35. The molecule has 2 aliphatic heterocycles. The van der Waals surface area contributed by atoms with Crippen molar-refractivity contribution in [3.8, 4) is 17.2 Å². The second-order valence-corrected chi connectivity index (χ2v) is 8.46. The van der Waals surface area contributed by atoms with E-state index in [1.165, 1.54) is 12.5 Å². The molecule has 0 saturated carbocycles. The number of aliphatic hydroxyl groups is 4. The highest BCUT2D eigenvalue weighted by atomic mass is 16.5. The summed E-state index contributed by atoms with van der Waals surface area (Å²) in [6.07, 6.45) is -2.62. The second-order valence-electron chi connectivity index (χ2n) is 8.46. The number of furan rings is 1. The van der Waals surface area contributed by atoms with Crippen molar-refractivity contribution in [2.24, 2.45) is 0 Å². The molecule has 3 aromatic rings. The number of rotatable bonds is 6. The highest BCUT2D eigenvalue weighted by molar-refractivity contribution is 5.60. The van der Waals surface area contributed by atoms with Crippen LogP contribution >= 0.6 is 0 Å². The summed E-state index contributed by atoms with van der Waals surface area (Å²) in [5.41, 5.74) is 3.34. The summed E-state index contributed by atoms with van der Waals surface area (Å²) in [5, 5.41) is 43.8. The number of fused-ring (bicyclic) bond motifs is 1. The average Bonchev–Trinajstić information content (AvgIpc) is 3.37. The molecule has 2 aliphatic rings. The fourth-order valence-electron chi connectivity index (χ4n) is 4.35. The first kappa shape index (κ1) is 22.7. The number of aliphatic hydroxyl groups excluding tert-OH is 4. The van der Waals surface area contributed by atoms with Crippen molar-refractivity contribution in [2.45, 2.75) is 36.9 Å². The molecule has 180 valence electrons. The Kier molecular flexibility index (Phi) is 6.44. The number of anilines is 1. The molecule has 9 nitrogen and oxygen atoms in total. The van der Waals surface area contributed by atoms with Gasteiger partial charge in [0.1, 0.15) is 54.9 Å². The van der Waals surface area contributed by atoms with Gasteiger partial charge in [-0.15, -0.1) is 0 Å². The van der Waals surface area contributed by atoms with E-state index in [0.717, 1.165) is 29.1 Å². The molecule has 9 heteroatoms. The Morgan fingerprint density at radius 1 is 1.00 bits per heavy atom. The van der Waals surface area contributed by atoms with E-state index in [1.54, 1.807) is 18.2 Å². The number of nitrogens with one attached hydrogen (secondary N) is 1. The van der Waals surface area contributed by atoms with E-state index in [4.69, 9.17) is 18.6 Å². The summed E-state index contributed by atoms with van der Waals surface area (Å²) >= 11 is 0. The van der Waals surface area contributed by atoms with Crippen LogP contribution in [-0.4, -0.2) is 64.6 Å². The van der Waals surface area contributed by atoms with Crippen molar-refractivity contribution in [3.63, 3.8) is 0 Å². The zero-order valence-electron chi connectivity index (χ0n) is 18.3. The molecule has 5 atom stereocenters. The normalized spacial score (nSPS) is 26.3. The first-order chi connectivity index (χ1) is 16.5. The van der Waals surface area contributed by atoms with Gasteiger partial charge in [-0.05, 0) is 41.0 Å². The van der Waals surface area contributed by atoms with E-state index in [-0.39, 0.29) is 0 Å². The second kappa shape index (κ2) is 9.65. The quantitative estimate of drug-likeness (QED) is 0.367. The molecule has 0 aliphatic carbocycles. The first-order valence-electron chi connectivity index (χ1n) is 11.2. The van der Waals surface area contributed by atoms with Gasteiger partial charge in [-0.3, -0.25) is 0 Å². The zero-order valence-corrected chi connectivity index (χ0v) is 18.3. The Hall–Kier alpha value is -3.08. The topological polar surface area (TPSA) is 134 Å². The Morgan fingerprint density at radius 2 is 1.88 bits per heavy atom. The van der Waals surface area contributed by atoms with Crippen molar-refractivity contribution in [3.05, 3.63) is 71.7 Å². The van der Waals surface area contributed by atoms with Gasteiger partial charge >= 0.3 is 0 Å². The lowest BCUT2D eigenvalue weighted by Crippen LogP contribution is -2.55. The van der Waals surface area contributed by atoms with Gasteiger partial charge in [-0.2, -0.15) is 0 Å². The molecule has 34 heavy (non-hydrogen) atoms. The SMILES string of the molecule is OC[C@H]1O[C@@H](c2ccc(Oc3ccoc3)c(Cc3ccc4c(c3)NCCO4)c2)[C@H](O)[C@@H](O)[C@@H]1O. The van der Waals surface area contributed by atoms with Crippen LogP contribution in [0.4, 0.5) is 5.69 Å². The third-order valence-corrected chi connectivity index (χ3v) is 6.14. The maximum absolute atomic E-state index is 10.6. The van der Waals surface area contributed by atoms with Crippen molar-refractivity contribution in [2.75, 3.05) is 25.1 Å². The van der Waals surface area contributed by atoms with Crippen LogP contribution < -0.4 is 14.8 Å². The van der Waals surface area contributed by atoms with E-state index >= 15 is 0 Å². The molecular formula is C25H27NO8. The predicted molar refractivity (Wildman–Crippen MR) is 121 cm³/mol. The van der Waals surface area contributed by atoms with Crippen LogP contribution in [0.15, 0.2) is 59.4 Å². The zero-order chi connectivity index (χ0) is 23.7. The minimum atomic E-state index is -1.45. The van der Waals surface area contributed by atoms with E-state index in [0.29, 0.717) is 30.1 Å². The van der Waals surface area contributed by atoms with Crippen LogP contribution in [-0.2, 0) is 11.2 Å². The van der Waals surface area contributed by atoms with Crippen LogP contribution in [0.2, 0.25) is 0 Å². The van der Waals surface area contributed by atoms with Gasteiger partial charge in [0.25, 0.3) is 0 Å². The van der Waals surface area contributed by atoms with Gasteiger partial charge in [-0.25, -0.2) is 0 Å². The minimum absolute atomic E-state index is 0.486. The third kappa shape index (κ3) is 4.48. The Bertz CT molecular complexity index is 1120. The first-order valence-corrected chi connectivity index (χ1v) is 11.2. The Labute approximate surface area is 196 Å². The summed E-state index contributed by atoms with van der Waals surface area (Å²) in [6.45, 7) is 0.869. The highest BCUT2D eigenvalue weighted by Crippen LogP contribution is 2.37. The summed E-state index contributed by atoms with van der Waals surface area (Å²) in [7, 11) is 0. The largest absolute Gasteiger partial charge is 0.490 e. The molecule has 3 heterocycles. The van der Waals surface area contributed by atoms with Crippen LogP contribution in [0.25, 0.3) is 0 Å². The standard InChI is InChI=1S/C25H27NO8/c27-12-21-22(28)23(29)24(30)25(34-21)15-2-4-19(33-17-5-7-31-13-17)16(11-15)9-14-1-3-20-18(10-14)26-6-8-32-20/h1-5,7,10-11,13,21-30H,6,8-9,12H2/t21-,22-,23+,24-,25+/m1/s1. The van der Waals surface area contributed by atoms with Gasteiger partial charge in [-0.1, -0.05) is 12.1 Å². The summed E-state index contributed by atoms with van der Waals surface area (Å²) < 4.78 is 22.5. The van der Waals surface area contributed by atoms with Gasteiger partial charge in [0.15, 0.2) is 5.75 Å². The Morgan fingerprint density at radius 3 is 2.68 bits per heavy atom. The molecule has 0 spiro atoms. The van der Waals surface area contributed by atoms with Crippen LogP contribution in [0.1, 0.15) is 22.8 Å². The predicted octanol–water partition coefficient (Wildman–Crippen LogP) is 1.98. The van der Waals surface area contributed by atoms with Crippen LogP contribution in [0.3, 0.4) is 0 Å². The van der Waals surface area contributed by atoms with E-state index < -0.39 is 37.1 Å². The van der Waals surface area contributed by atoms with Crippen LogP contribution in [0.5, 0.6) is 17.2 Å². The molecule has 5 N–H and O–H groups in total. The molecular weight excluding hydrogens is 442 g/mol. The minimum Gasteiger partial charge on any atom is -0.490 e. The van der Waals surface area contributed by atoms with Crippen molar-refractivity contribution < 1.29 is 39.1 Å². The number of hydrogen-bond acceptors (Lipinski definition) is 9. The molecule has 1 fully saturated rings. The molecule has 1 aromatic heterocycles. The van der Waals surface area contributed by atoms with Crippen LogP contribution in [0, 0.1) is 0 Å². The summed E-state index contributed by atoms with van der Waals surface area (Å²) in [5.74, 6) is 1.94. The fraction of sp³-hybridized carbons (Fsp3) is 0.360. The number of ether oxygens (including phenoxy) is 3. The maximum atomic E-state index is 10.6. The average molecular weight is 469 g/mol. The van der Waals surface area contributed by atoms with E-state index in [1.807, 2.05) is 24.3 Å². The van der Waals surface area contributed by atoms with Crippen molar-refractivity contribution in [1.82, 2.24) is 0 Å². The summed E-state index contributed by atoms with van der Waals surface area (Å²) in [4.78, 5) is 0. The molecule has 0 radical (unpaired) electrons. The lowest BCUT2D eigenvalue weighted by Gasteiger charge is -2.40. The smallest absolute Gasteiger partial charge is 0.165 e. The van der Waals surface area contributed by atoms with E-state index in [2.05, 4.69) is 5.32 Å². The van der Waals surface area contributed by atoms with Crippen molar-refractivity contribution in [1.29, 1.82) is 0 Å². The molecule has 1 saturated heterocycles. The van der Waals surface area contributed by atoms with Gasteiger partial charge in [0.05, 0.1) is 18.6 Å². The molecule has 5 rings (SSSR count).